The first-order valence-electron chi connectivity index (χ1n) is 13.2. The third-order valence-corrected chi connectivity index (χ3v) is 5.94. The zero-order chi connectivity index (χ0) is 24.7. The van der Waals surface area contributed by atoms with Crippen molar-refractivity contribution >= 4 is 5.91 Å². The lowest BCUT2D eigenvalue weighted by Gasteiger charge is -2.27. The van der Waals surface area contributed by atoms with E-state index in [-0.39, 0.29) is 0 Å². The quantitative estimate of drug-likeness (QED) is 0.118. The maximum absolute atomic E-state index is 12.2. The highest BCUT2D eigenvalue weighted by atomic mass is 16.3. The Morgan fingerprint density at radius 3 is 1.88 bits per heavy atom. The number of aliphatic hydroxyl groups is 4. The van der Waals surface area contributed by atoms with Gasteiger partial charge in [-0.2, -0.15) is 0 Å². The fourth-order valence-electron chi connectivity index (χ4n) is 3.68. The molecule has 194 valence electrons. The SMILES string of the molecule is CCCCC/C=C\C=C/CCCCCCCC(O)C(=O)NC(CO)C(O)C(O)CCCCC. The van der Waals surface area contributed by atoms with Crippen LogP contribution in [0.4, 0.5) is 0 Å². The minimum atomic E-state index is -1.26. The molecule has 0 heterocycles. The van der Waals surface area contributed by atoms with Gasteiger partial charge in [0.25, 0.3) is 0 Å². The van der Waals surface area contributed by atoms with Crippen molar-refractivity contribution in [3.8, 4) is 0 Å². The summed E-state index contributed by atoms with van der Waals surface area (Å²) in [6.45, 7) is 3.77. The summed E-state index contributed by atoms with van der Waals surface area (Å²) in [5.41, 5.74) is 0. The molecule has 0 aromatic heterocycles. The lowest BCUT2D eigenvalue weighted by Crippen LogP contribution is -2.53. The van der Waals surface area contributed by atoms with E-state index in [1.54, 1.807) is 0 Å². The third kappa shape index (κ3) is 17.9. The predicted octanol–water partition coefficient (Wildman–Crippen LogP) is 4.55. The molecule has 0 aliphatic heterocycles. The Morgan fingerprint density at radius 1 is 0.758 bits per heavy atom. The predicted molar refractivity (Wildman–Crippen MR) is 136 cm³/mol. The number of rotatable bonds is 22. The molecular weight excluding hydrogens is 418 g/mol. The average Bonchev–Trinajstić information content (AvgIpc) is 2.81. The minimum absolute atomic E-state index is 0.349. The summed E-state index contributed by atoms with van der Waals surface area (Å²) in [5.74, 6) is -0.609. The second-order valence-electron chi connectivity index (χ2n) is 9.06. The van der Waals surface area contributed by atoms with E-state index in [4.69, 9.17) is 0 Å². The molecule has 0 aliphatic carbocycles. The summed E-state index contributed by atoms with van der Waals surface area (Å²) in [6.07, 6.45) is 19.8. The number of hydrogen-bond donors (Lipinski definition) is 5. The van der Waals surface area contributed by atoms with E-state index < -0.39 is 36.9 Å². The summed E-state index contributed by atoms with van der Waals surface area (Å²) < 4.78 is 0. The number of unbranched alkanes of at least 4 members (excludes halogenated alkanes) is 10. The normalized spacial score (nSPS) is 15.7. The molecule has 6 nitrogen and oxygen atoms in total. The molecule has 0 aromatic rings. The van der Waals surface area contributed by atoms with Crippen LogP contribution < -0.4 is 5.32 Å². The molecule has 0 aromatic carbocycles. The lowest BCUT2D eigenvalue weighted by atomic mass is 10.00. The van der Waals surface area contributed by atoms with Gasteiger partial charge in [-0.15, -0.1) is 0 Å². The van der Waals surface area contributed by atoms with Crippen molar-refractivity contribution in [2.45, 2.75) is 135 Å². The highest BCUT2D eigenvalue weighted by Crippen LogP contribution is 2.12. The Kier molecular flexibility index (Phi) is 21.7. The number of hydrogen-bond acceptors (Lipinski definition) is 5. The van der Waals surface area contributed by atoms with Crippen LogP contribution in [0, 0.1) is 0 Å². The van der Waals surface area contributed by atoms with Gasteiger partial charge >= 0.3 is 0 Å². The molecule has 4 atom stereocenters. The van der Waals surface area contributed by atoms with Gasteiger partial charge in [-0.3, -0.25) is 4.79 Å². The summed E-state index contributed by atoms with van der Waals surface area (Å²) >= 11 is 0. The van der Waals surface area contributed by atoms with E-state index in [0.29, 0.717) is 12.8 Å². The number of aliphatic hydroxyl groups excluding tert-OH is 4. The van der Waals surface area contributed by atoms with Gasteiger partial charge in [0, 0.05) is 0 Å². The summed E-state index contributed by atoms with van der Waals surface area (Å²) in [4.78, 5) is 12.2. The van der Waals surface area contributed by atoms with Crippen molar-refractivity contribution in [2.24, 2.45) is 0 Å². The second-order valence-corrected chi connectivity index (χ2v) is 9.06. The molecule has 1 amide bonds. The molecule has 0 radical (unpaired) electrons. The lowest BCUT2D eigenvalue weighted by molar-refractivity contribution is -0.132. The first-order valence-corrected chi connectivity index (χ1v) is 13.2. The molecular formula is C27H51NO5. The van der Waals surface area contributed by atoms with Crippen molar-refractivity contribution < 1.29 is 25.2 Å². The molecule has 0 aliphatic rings. The van der Waals surface area contributed by atoms with Gasteiger partial charge in [0.2, 0.25) is 5.91 Å². The maximum Gasteiger partial charge on any atom is 0.249 e. The zero-order valence-electron chi connectivity index (χ0n) is 21.1. The Morgan fingerprint density at radius 2 is 1.27 bits per heavy atom. The van der Waals surface area contributed by atoms with Crippen LogP contribution >= 0.6 is 0 Å². The number of nitrogens with one attached hydrogen (secondary N) is 1. The van der Waals surface area contributed by atoms with Gasteiger partial charge in [0.1, 0.15) is 12.2 Å². The Hall–Kier alpha value is -1.21. The standard InChI is InChI=1S/C27H51NO5/c1-3-5-7-8-9-10-11-12-13-14-15-16-17-19-21-25(31)27(33)28-23(22-29)26(32)24(30)20-18-6-4-2/h9-12,23-26,29-32H,3-8,13-22H2,1-2H3,(H,28,33)/b10-9-,12-11-. The Bertz CT molecular complexity index is 509. The van der Waals surface area contributed by atoms with E-state index in [2.05, 4.69) is 36.5 Å². The van der Waals surface area contributed by atoms with E-state index in [1.165, 1.54) is 19.3 Å². The summed E-state index contributed by atoms with van der Waals surface area (Å²) in [5, 5.41) is 42.3. The van der Waals surface area contributed by atoms with Crippen LogP contribution in [-0.2, 0) is 4.79 Å². The van der Waals surface area contributed by atoms with Gasteiger partial charge < -0.3 is 25.7 Å². The van der Waals surface area contributed by atoms with Crippen molar-refractivity contribution in [3.05, 3.63) is 24.3 Å². The topological polar surface area (TPSA) is 110 Å². The largest absolute Gasteiger partial charge is 0.394 e. The van der Waals surface area contributed by atoms with E-state index >= 15 is 0 Å². The number of carbonyl (C=O) groups excluding carboxylic acids is 1. The molecule has 6 heteroatoms. The fraction of sp³-hybridized carbons (Fsp3) is 0.815. The number of carbonyl (C=O) groups is 1. The molecule has 0 spiro atoms. The van der Waals surface area contributed by atoms with Crippen LogP contribution in [0.3, 0.4) is 0 Å². The van der Waals surface area contributed by atoms with Crippen molar-refractivity contribution in [3.63, 3.8) is 0 Å². The average molecular weight is 470 g/mol. The summed E-state index contributed by atoms with van der Waals surface area (Å²) in [7, 11) is 0. The van der Waals surface area contributed by atoms with E-state index in [0.717, 1.165) is 64.2 Å². The van der Waals surface area contributed by atoms with Crippen molar-refractivity contribution in [1.29, 1.82) is 0 Å². The summed E-state index contributed by atoms with van der Waals surface area (Å²) in [6, 6.07) is -0.983. The fourth-order valence-corrected chi connectivity index (χ4v) is 3.68. The number of amides is 1. The molecule has 0 saturated heterocycles. The highest BCUT2D eigenvalue weighted by Gasteiger charge is 2.28. The van der Waals surface area contributed by atoms with Crippen LogP contribution in [0.15, 0.2) is 24.3 Å². The van der Waals surface area contributed by atoms with E-state index in [9.17, 15) is 25.2 Å². The first kappa shape index (κ1) is 31.8. The second kappa shape index (κ2) is 22.6. The van der Waals surface area contributed by atoms with Crippen LogP contribution in [0.25, 0.3) is 0 Å². The monoisotopic (exact) mass is 469 g/mol. The molecule has 0 saturated carbocycles. The maximum atomic E-state index is 12.2. The van der Waals surface area contributed by atoms with Crippen molar-refractivity contribution in [1.82, 2.24) is 5.32 Å². The molecule has 5 N–H and O–H groups in total. The van der Waals surface area contributed by atoms with Crippen LogP contribution in [0.1, 0.15) is 110 Å². The van der Waals surface area contributed by atoms with Gasteiger partial charge in [-0.25, -0.2) is 0 Å². The van der Waals surface area contributed by atoms with Gasteiger partial charge in [-0.05, 0) is 38.5 Å². The van der Waals surface area contributed by atoms with Crippen LogP contribution in [0.5, 0.6) is 0 Å². The van der Waals surface area contributed by atoms with Crippen LogP contribution in [0.2, 0.25) is 0 Å². The van der Waals surface area contributed by atoms with Crippen molar-refractivity contribution in [2.75, 3.05) is 6.61 Å². The Labute approximate surface area is 202 Å². The van der Waals surface area contributed by atoms with Gasteiger partial charge in [0.15, 0.2) is 0 Å². The first-order chi connectivity index (χ1) is 16.0. The molecule has 4 unspecified atom stereocenters. The zero-order valence-corrected chi connectivity index (χ0v) is 21.1. The smallest absolute Gasteiger partial charge is 0.249 e. The van der Waals surface area contributed by atoms with Gasteiger partial charge in [-0.1, -0.05) is 95.9 Å². The van der Waals surface area contributed by atoms with Crippen LogP contribution in [-0.4, -0.2) is 57.3 Å². The molecule has 0 rings (SSSR count). The molecule has 0 bridgehead atoms. The van der Waals surface area contributed by atoms with E-state index in [1.807, 2.05) is 6.92 Å². The number of allylic oxidation sites excluding steroid dienone is 4. The van der Waals surface area contributed by atoms with Gasteiger partial charge in [0.05, 0.1) is 18.8 Å². The highest BCUT2D eigenvalue weighted by molar-refractivity contribution is 5.80. The Balaban J connectivity index is 3.90. The third-order valence-electron chi connectivity index (χ3n) is 5.94. The minimum Gasteiger partial charge on any atom is -0.394 e. The molecule has 0 fully saturated rings. The molecule has 33 heavy (non-hydrogen) atoms.